The Kier molecular flexibility index (Phi) is 3.09. The fourth-order valence-corrected chi connectivity index (χ4v) is 3.64. The first-order valence-corrected chi connectivity index (χ1v) is 7.24. The monoisotopic (exact) mass is 263 g/mol. The first-order chi connectivity index (χ1) is 8.72. The average Bonchev–Trinajstić information content (AvgIpc) is 2.74. The second kappa shape index (κ2) is 4.61. The summed E-state index contributed by atoms with van der Waals surface area (Å²) in [5.74, 6) is 0. The van der Waals surface area contributed by atoms with Gasteiger partial charge in [-0.2, -0.15) is 4.37 Å². The van der Waals surface area contributed by atoms with Gasteiger partial charge in [-0.15, -0.1) is 0 Å². The maximum Gasteiger partial charge on any atom is 0.134 e. The van der Waals surface area contributed by atoms with E-state index >= 15 is 0 Å². The van der Waals surface area contributed by atoms with E-state index in [-0.39, 0.29) is 0 Å². The smallest absolute Gasteiger partial charge is 0.134 e. The van der Waals surface area contributed by atoms with Crippen LogP contribution in [0.3, 0.4) is 0 Å². The molecule has 1 aliphatic carbocycles. The highest BCUT2D eigenvalue weighted by Crippen LogP contribution is 2.39. The molecule has 1 fully saturated rings. The van der Waals surface area contributed by atoms with Gasteiger partial charge in [-0.25, -0.2) is 0 Å². The number of aromatic nitrogens is 1. The average molecular weight is 263 g/mol. The van der Waals surface area contributed by atoms with Crippen molar-refractivity contribution in [1.82, 2.24) is 4.37 Å². The molecule has 2 atom stereocenters. The largest absolute Gasteiger partial charge is 0.390 e. The quantitative estimate of drug-likeness (QED) is 0.778. The van der Waals surface area contributed by atoms with E-state index in [4.69, 9.17) is 0 Å². The van der Waals surface area contributed by atoms with Crippen LogP contribution in [0.2, 0.25) is 0 Å². The summed E-state index contributed by atoms with van der Waals surface area (Å²) in [7, 11) is 0. The minimum absolute atomic E-state index is 0.599. The summed E-state index contributed by atoms with van der Waals surface area (Å²) in [5, 5.41) is 22.1. The zero-order chi connectivity index (χ0) is 12.6. The second-order valence-corrected chi connectivity index (χ2v) is 5.87. The van der Waals surface area contributed by atoms with Gasteiger partial charge >= 0.3 is 0 Å². The Morgan fingerprint density at radius 2 is 2.06 bits per heavy atom. The fourth-order valence-electron chi connectivity index (χ4n) is 2.79. The van der Waals surface area contributed by atoms with Crippen molar-refractivity contribution in [3.8, 4) is 0 Å². The molecule has 1 heterocycles. The van der Waals surface area contributed by atoms with Gasteiger partial charge in [-0.1, -0.05) is 37.5 Å². The molecular formula is C14H17NO2S. The first-order valence-electron chi connectivity index (χ1n) is 6.47. The van der Waals surface area contributed by atoms with Crippen LogP contribution in [0.1, 0.15) is 37.8 Å². The summed E-state index contributed by atoms with van der Waals surface area (Å²) in [6, 6.07) is 7.90. The number of hydrogen-bond acceptors (Lipinski definition) is 4. The predicted molar refractivity (Wildman–Crippen MR) is 72.6 cm³/mol. The molecule has 0 saturated heterocycles. The number of nitrogens with zero attached hydrogens (tertiary/aromatic N) is 1. The van der Waals surface area contributed by atoms with Crippen LogP contribution in [0.25, 0.3) is 10.1 Å². The van der Waals surface area contributed by atoms with Gasteiger partial charge in [0.2, 0.25) is 0 Å². The van der Waals surface area contributed by atoms with Crippen LogP contribution in [0.4, 0.5) is 0 Å². The summed E-state index contributed by atoms with van der Waals surface area (Å²) >= 11 is 1.39. The predicted octanol–water partition coefficient (Wildman–Crippen LogP) is 2.81. The lowest BCUT2D eigenvalue weighted by Crippen LogP contribution is -2.39. The van der Waals surface area contributed by atoms with Crippen LogP contribution in [0.5, 0.6) is 0 Å². The number of hydrogen-bond donors (Lipinski definition) is 2. The molecule has 0 spiro atoms. The molecule has 18 heavy (non-hydrogen) atoms. The Labute approximate surface area is 110 Å². The van der Waals surface area contributed by atoms with Gasteiger partial charge in [0.25, 0.3) is 0 Å². The Morgan fingerprint density at radius 1 is 1.22 bits per heavy atom. The van der Waals surface area contributed by atoms with Crippen LogP contribution >= 0.6 is 11.5 Å². The highest BCUT2D eigenvalue weighted by Gasteiger charge is 2.41. The number of fused-ring (bicyclic) bond motifs is 1. The van der Waals surface area contributed by atoms with Crippen LogP contribution in [0.15, 0.2) is 24.3 Å². The lowest BCUT2D eigenvalue weighted by molar-refractivity contribution is -0.0858. The van der Waals surface area contributed by atoms with E-state index in [1.807, 2.05) is 24.3 Å². The summed E-state index contributed by atoms with van der Waals surface area (Å²) < 4.78 is 5.48. The molecule has 96 valence electrons. The zero-order valence-electron chi connectivity index (χ0n) is 10.2. The van der Waals surface area contributed by atoms with E-state index in [2.05, 4.69) is 4.37 Å². The van der Waals surface area contributed by atoms with Crippen molar-refractivity contribution in [1.29, 1.82) is 0 Å². The molecule has 1 aromatic carbocycles. The molecule has 3 rings (SSSR count). The van der Waals surface area contributed by atoms with Crippen molar-refractivity contribution in [3.63, 3.8) is 0 Å². The minimum Gasteiger partial charge on any atom is -0.390 e. The third-order valence-corrected chi connectivity index (χ3v) is 4.70. The number of rotatable bonds is 1. The van der Waals surface area contributed by atoms with Gasteiger partial charge in [0.15, 0.2) is 0 Å². The van der Waals surface area contributed by atoms with E-state index in [9.17, 15) is 10.2 Å². The van der Waals surface area contributed by atoms with Crippen molar-refractivity contribution in [2.75, 3.05) is 0 Å². The first kappa shape index (κ1) is 12.1. The van der Waals surface area contributed by atoms with E-state index in [0.29, 0.717) is 18.5 Å². The molecule has 3 nitrogen and oxygen atoms in total. The minimum atomic E-state index is -1.17. The highest BCUT2D eigenvalue weighted by atomic mass is 32.1. The molecule has 0 amide bonds. The fraction of sp³-hybridized carbons (Fsp3) is 0.500. The maximum atomic E-state index is 10.9. The second-order valence-electron chi connectivity index (χ2n) is 5.07. The van der Waals surface area contributed by atoms with Gasteiger partial charge in [-0.3, -0.25) is 0 Å². The molecule has 1 unspecified atom stereocenters. The standard InChI is InChI=1S/C14H17NO2S/c16-12-8-2-1-5-9-14(12,17)13-10-6-3-4-7-11(10)18-15-13/h3-4,6-7,12,16-17H,1-2,5,8-9H2/t12?,14-/m1/s1. The normalized spacial score (nSPS) is 29.3. The molecule has 0 aliphatic heterocycles. The van der Waals surface area contributed by atoms with Gasteiger partial charge in [-0.05, 0) is 30.4 Å². The molecule has 1 aliphatic rings. The molecule has 2 aromatic rings. The molecule has 2 N–H and O–H groups in total. The molecule has 1 saturated carbocycles. The van der Waals surface area contributed by atoms with E-state index in [0.717, 1.165) is 29.3 Å². The zero-order valence-corrected chi connectivity index (χ0v) is 11.0. The lowest BCUT2D eigenvalue weighted by Gasteiger charge is -2.30. The molecule has 0 bridgehead atoms. The Morgan fingerprint density at radius 3 is 2.94 bits per heavy atom. The third kappa shape index (κ3) is 1.85. The number of aliphatic hydroxyl groups is 2. The SMILES string of the molecule is OC1CCCCC[C@]1(O)c1nsc2ccccc12. The van der Waals surface area contributed by atoms with Crippen molar-refractivity contribution >= 4 is 21.6 Å². The van der Waals surface area contributed by atoms with Gasteiger partial charge in [0.1, 0.15) is 5.60 Å². The molecule has 0 radical (unpaired) electrons. The van der Waals surface area contributed by atoms with Crippen LogP contribution in [-0.4, -0.2) is 20.7 Å². The van der Waals surface area contributed by atoms with Crippen LogP contribution < -0.4 is 0 Å². The van der Waals surface area contributed by atoms with E-state index < -0.39 is 11.7 Å². The Hall–Kier alpha value is -0.970. The van der Waals surface area contributed by atoms with E-state index in [1.165, 1.54) is 11.5 Å². The summed E-state index contributed by atoms with van der Waals surface area (Å²) in [6.45, 7) is 0. The van der Waals surface area contributed by atoms with Crippen LogP contribution in [0, 0.1) is 0 Å². The van der Waals surface area contributed by atoms with Crippen molar-refractivity contribution < 1.29 is 10.2 Å². The van der Waals surface area contributed by atoms with Crippen molar-refractivity contribution in [2.45, 2.75) is 43.8 Å². The maximum absolute atomic E-state index is 10.9. The number of aliphatic hydroxyl groups excluding tert-OH is 1. The molecule has 1 aromatic heterocycles. The lowest BCUT2D eigenvalue weighted by atomic mass is 9.86. The third-order valence-electron chi connectivity index (χ3n) is 3.87. The Bertz CT molecular complexity index is 553. The summed E-state index contributed by atoms with van der Waals surface area (Å²) in [4.78, 5) is 0. The summed E-state index contributed by atoms with van der Waals surface area (Å²) in [6.07, 6.45) is 3.54. The summed E-state index contributed by atoms with van der Waals surface area (Å²) in [5.41, 5.74) is -0.506. The van der Waals surface area contributed by atoms with E-state index in [1.54, 1.807) is 0 Å². The number of benzene rings is 1. The topological polar surface area (TPSA) is 53.4 Å². The van der Waals surface area contributed by atoms with Gasteiger partial charge in [0.05, 0.1) is 16.5 Å². The van der Waals surface area contributed by atoms with Crippen molar-refractivity contribution in [2.24, 2.45) is 0 Å². The molecule has 4 heteroatoms. The van der Waals surface area contributed by atoms with Gasteiger partial charge in [0, 0.05) is 5.39 Å². The van der Waals surface area contributed by atoms with Gasteiger partial charge < -0.3 is 10.2 Å². The van der Waals surface area contributed by atoms with Crippen molar-refractivity contribution in [3.05, 3.63) is 30.0 Å². The molecular weight excluding hydrogens is 246 g/mol. The highest BCUT2D eigenvalue weighted by molar-refractivity contribution is 7.13. The Balaban J connectivity index is 2.11. The van der Waals surface area contributed by atoms with Crippen LogP contribution in [-0.2, 0) is 5.60 Å².